The standard InChI is InChI=1S/C33H55NO5.C2H6/c1-23(2)8-6-7-9-24-11-13-28-27-12-10-25-20-26(14-16-33(25,4)29(27)15-17-32(24,28)3)39-19-18-34(21-30(35)36)22-31(37)38-5;1-2/h10,23-24,26-29H,6-9,11-22H2,1-5H3,(H,35,36);1-2H3. The molecule has 236 valence electrons. The third-order valence-corrected chi connectivity index (χ3v) is 11.5. The van der Waals surface area contributed by atoms with Gasteiger partial charge in [-0.2, -0.15) is 0 Å². The highest BCUT2D eigenvalue weighted by Crippen LogP contribution is 2.66. The number of hydrogen-bond donors (Lipinski definition) is 1. The maximum Gasteiger partial charge on any atom is 0.319 e. The second-order valence-corrected chi connectivity index (χ2v) is 14.2. The molecule has 7 atom stereocenters. The number of carboxylic acids is 1. The topological polar surface area (TPSA) is 76.1 Å². The van der Waals surface area contributed by atoms with E-state index in [0.29, 0.717) is 24.0 Å². The highest BCUT2D eigenvalue weighted by molar-refractivity contribution is 5.73. The Morgan fingerprint density at radius 2 is 1.80 bits per heavy atom. The lowest BCUT2D eigenvalue weighted by Gasteiger charge is -2.58. The Morgan fingerprint density at radius 3 is 2.49 bits per heavy atom. The van der Waals surface area contributed by atoms with E-state index in [0.717, 1.165) is 42.4 Å². The Labute approximate surface area is 251 Å². The number of fused-ring (bicyclic) bond motifs is 5. The van der Waals surface area contributed by atoms with Crippen LogP contribution in [0.2, 0.25) is 0 Å². The SMILES string of the molecule is CC.COC(=O)CN(CCOC1CCC2(C)C(=CCC3C2CCC2(C)C(CCCCC(C)C)CCC32)C1)CC(=O)O. The summed E-state index contributed by atoms with van der Waals surface area (Å²) in [6.45, 7) is 14.6. The number of esters is 1. The van der Waals surface area contributed by atoms with Crippen molar-refractivity contribution in [2.75, 3.05) is 33.4 Å². The Kier molecular flexibility index (Phi) is 12.8. The van der Waals surface area contributed by atoms with Crippen molar-refractivity contribution in [3.8, 4) is 0 Å². The van der Waals surface area contributed by atoms with Crippen LogP contribution in [0.25, 0.3) is 0 Å². The van der Waals surface area contributed by atoms with Crippen molar-refractivity contribution in [1.29, 1.82) is 0 Å². The van der Waals surface area contributed by atoms with Crippen LogP contribution in [0.4, 0.5) is 0 Å². The minimum atomic E-state index is -0.947. The van der Waals surface area contributed by atoms with Gasteiger partial charge in [-0.15, -0.1) is 0 Å². The molecule has 0 spiro atoms. The van der Waals surface area contributed by atoms with Crippen LogP contribution in [0.1, 0.15) is 119 Å². The second kappa shape index (κ2) is 15.4. The summed E-state index contributed by atoms with van der Waals surface area (Å²) in [7, 11) is 1.33. The van der Waals surface area contributed by atoms with Gasteiger partial charge in [0.1, 0.15) is 0 Å². The molecule has 7 unspecified atom stereocenters. The maximum absolute atomic E-state index is 11.7. The van der Waals surface area contributed by atoms with E-state index in [1.165, 1.54) is 71.3 Å². The lowest BCUT2D eigenvalue weighted by atomic mass is 9.47. The highest BCUT2D eigenvalue weighted by Gasteiger charge is 2.58. The van der Waals surface area contributed by atoms with Gasteiger partial charge < -0.3 is 14.6 Å². The zero-order chi connectivity index (χ0) is 30.2. The molecule has 41 heavy (non-hydrogen) atoms. The number of allylic oxidation sites excluding steroid dienone is 1. The van der Waals surface area contributed by atoms with E-state index in [1.54, 1.807) is 10.5 Å². The number of rotatable bonds is 13. The molecule has 0 aromatic carbocycles. The van der Waals surface area contributed by atoms with Crippen LogP contribution in [0.15, 0.2) is 11.6 Å². The van der Waals surface area contributed by atoms with Crippen molar-refractivity contribution in [3.05, 3.63) is 11.6 Å². The van der Waals surface area contributed by atoms with Gasteiger partial charge in [-0.1, -0.05) is 72.5 Å². The molecule has 0 amide bonds. The zero-order valence-corrected chi connectivity index (χ0v) is 27.4. The van der Waals surface area contributed by atoms with E-state index in [4.69, 9.17) is 9.47 Å². The number of ether oxygens (including phenoxy) is 2. The number of carbonyl (C=O) groups is 2. The average Bonchev–Trinajstić information content (AvgIpc) is 3.27. The summed E-state index contributed by atoms with van der Waals surface area (Å²) >= 11 is 0. The maximum atomic E-state index is 11.7. The summed E-state index contributed by atoms with van der Waals surface area (Å²) < 4.78 is 11.0. The number of methoxy groups -OCH3 is 1. The van der Waals surface area contributed by atoms with Gasteiger partial charge in [0, 0.05) is 6.54 Å². The zero-order valence-electron chi connectivity index (χ0n) is 27.4. The Hall–Kier alpha value is -1.40. The normalized spacial score (nSPS) is 34.2. The van der Waals surface area contributed by atoms with Crippen molar-refractivity contribution in [3.63, 3.8) is 0 Å². The monoisotopic (exact) mass is 575 g/mol. The highest BCUT2D eigenvalue weighted by atomic mass is 16.5. The van der Waals surface area contributed by atoms with Crippen LogP contribution in [0, 0.1) is 40.4 Å². The number of nitrogens with zero attached hydrogens (tertiary/aromatic N) is 1. The van der Waals surface area contributed by atoms with Gasteiger partial charge in [-0.05, 0) is 98.2 Å². The van der Waals surface area contributed by atoms with Crippen molar-refractivity contribution in [2.45, 2.75) is 125 Å². The van der Waals surface area contributed by atoms with Gasteiger partial charge in [0.05, 0.1) is 32.9 Å². The molecule has 4 aliphatic rings. The molecular formula is C35H61NO5. The van der Waals surface area contributed by atoms with E-state index in [2.05, 4.69) is 33.8 Å². The fourth-order valence-electron chi connectivity index (χ4n) is 9.30. The lowest BCUT2D eigenvalue weighted by molar-refractivity contribution is -0.144. The fraction of sp³-hybridized carbons (Fsp3) is 0.886. The third kappa shape index (κ3) is 8.16. The van der Waals surface area contributed by atoms with Gasteiger partial charge in [0.15, 0.2) is 0 Å². The first kappa shape index (κ1) is 34.1. The predicted molar refractivity (Wildman–Crippen MR) is 166 cm³/mol. The lowest BCUT2D eigenvalue weighted by Crippen LogP contribution is -2.50. The molecule has 1 N–H and O–H groups in total. The minimum Gasteiger partial charge on any atom is -0.480 e. The van der Waals surface area contributed by atoms with E-state index >= 15 is 0 Å². The molecule has 4 rings (SSSR count). The summed E-state index contributed by atoms with van der Waals surface area (Å²) in [6.07, 6.45) is 18.6. The summed E-state index contributed by atoms with van der Waals surface area (Å²) in [6, 6.07) is 0. The van der Waals surface area contributed by atoms with Gasteiger partial charge in [-0.25, -0.2) is 0 Å². The first-order valence-corrected chi connectivity index (χ1v) is 16.9. The van der Waals surface area contributed by atoms with E-state index in [-0.39, 0.29) is 19.2 Å². The summed E-state index contributed by atoms with van der Waals surface area (Å²) in [5.41, 5.74) is 2.47. The molecular weight excluding hydrogens is 514 g/mol. The molecule has 0 aromatic heterocycles. The first-order valence-electron chi connectivity index (χ1n) is 16.9. The van der Waals surface area contributed by atoms with Gasteiger partial charge in [-0.3, -0.25) is 14.5 Å². The number of carbonyl (C=O) groups excluding carboxylic acids is 1. The Bertz CT molecular complexity index is 886. The molecule has 0 heterocycles. The first-order chi connectivity index (χ1) is 19.6. The van der Waals surface area contributed by atoms with Crippen LogP contribution in [-0.2, 0) is 19.1 Å². The summed E-state index contributed by atoms with van der Waals surface area (Å²) in [5.74, 6) is 2.94. The van der Waals surface area contributed by atoms with Crippen molar-refractivity contribution < 1.29 is 24.2 Å². The molecule has 3 saturated carbocycles. The van der Waals surface area contributed by atoms with Crippen LogP contribution >= 0.6 is 0 Å². The molecule has 0 bridgehead atoms. The van der Waals surface area contributed by atoms with Crippen LogP contribution in [-0.4, -0.2) is 61.4 Å². The molecule has 3 fully saturated rings. The molecule has 0 aromatic rings. The number of aliphatic carboxylic acids is 1. The van der Waals surface area contributed by atoms with Gasteiger partial charge in [0.2, 0.25) is 0 Å². The third-order valence-electron chi connectivity index (χ3n) is 11.5. The quantitative estimate of drug-likeness (QED) is 0.137. The Morgan fingerprint density at radius 1 is 1.05 bits per heavy atom. The molecule has 6 nitrogen and oxygen atoms in total. The molecule has 0 radical (unpaired) electrons. The second-order valence-electron chi connectivity index (χ2n) is 14.2. The van der Waals surface area contributed by atoms with Crippen molar-refractivity contribution in [1.82, 2.24) is 4.90 Å². The van der Waals surface area contributed by atoms with Crippen molar-refractivity contribution in [2.24, 2.45) is 40.4 Å². The molecule has 6 heteroatoms. The van der Waals surface area contributed by atoms with E-state index in [9.17, 15) is 14.7 Å². The van der Waals surface area contributed by atoms with Crippen LogP contribution < -0.4 is 0 Å². The van der Waals surface area contributed by atoms with E-state index < -0.39 is 11.9 Å². The Balaban J connectivity index is 0.00000226. The summed E-state index contributed by atoms with van der Waals surface area (Å²) in [4.78, 5) is 24.4. The smallest absolute Gasteiger partial charge is 0.319 e. The van der Waals surface area contributed by atoms with E-state index in [1.807, 2.05) is 13.8 Å². The minimum absolute atomic E-state index is 0.0258. The number of unbranched alkanes of at least 4 members (excludes halogenated alkanes) is 1. The number of hydrogen-bond acceptors (Lipinski definition) is 5. The molecule has 0 saturated heterocycles. The average molecular weight is 576 g/mol. The van der Waals surface area contributed by atoms with Gasteiger partial charge >= 0.3 is 11.9 Å². The molecule has 0 aliphatic heterocycles. The van der Waals surface area contributed by atoms with Gasteiger partial charge in [0.25, 0.3) is 0 Å². The summed E-state index contributed by atoms with van der Waals surface area (Å²) in [5, 5.41) is 9.18. The fourth-order valence-corrected chi connectivity index (χ4v) is 9.30. The predicted octanol–water partition coefficient (Wildman–Crippen LogP) is 7.75. The van der Waals surface area contributed by atoms with Crippen LogP contribution in [0.3, 0.4) is 0 Å². The van der Waals surface area contributed by atoms with Crippen LogP contribution in [0.5, 0.6) is 0 Å². The largest absolute Gasteiger partial charge is 0.480 e. The number of carboxylic acid groups (broad SMARTS) is 1. The molecule has 4 aliphatic carbocycles. The van der Waals surface area contributed by atoms with Crippen molar-refractivity contribution >= 4 is 11.9 Å².